The van der Waals surface area contributed by atoms with E-state index in [-0.39, 0.29) is 5.91 Å². The Hall–Kier alpha value is -1.07. The van der Waals surface area contributed by atoms with E-state index in [4.69, 9.17) is 5.73 Å². The lowest BCUT2D eigenvalue weighted by Gasteiger charge is -2.32. The first-order valence-corrected chi connectivity index (χ1v) is 8.46. The number of nitrogens with one attached hydrogen (secondary N) is 1. The average Bonchev–Trinajstić information content (AvgIpc) is 2.47. The topological polar surface area (TPSA) is 58.4 Å². The number of carbonyl (C=O) groups is 1. The van der Waals surface area contributed by atoms with Gasteiger partial charge < -0.3 is 16.0 Å². The summed E-state index contributed by atoms with van der Waals surface area (Å²) in [4.78, 5) is 14.0. The van der Waals surface area contributed by atoms with Crippen molar-refractivity contribution in [2.45, 2.75) is 26.2 Å². The van der Waals surface area contributed by atoms with E-state index >= 15 is 0 Å². The summed E-state index contributed by atoms with van der Waals surface area (Å²) < 4.78 is 0.980. The number of piperidine rings is 1. The third-order valence-electron chi connectivity index (χ3n) is 4.00. The van der Waals surface area contributed by atoms with Crippen LogP contribution in [0.5, 0.6) is 0 Å². The quantitative estimate of drug-likeness (QED) is 0.826. The molecule has 1 heterocycles. The molecule has 0 aliphatic carbocycles. The molecular formula is C16H24BrN3O. The van der Waals surface area contributed by atoms with Crippen molar-refractivity contribution in [1.82, 2.24) is 5.32 Å². The third kappa shape index (κ3) is 4.45. The highest BCUT2D eigenvalue weighted by molar-refractivity contribution is 9.10. The standard InChI is InChI=1S/C16H24BrN3O/c1-2-9-20(11-12-5-7-19-8-6-12)15-10-13(17)3-4-14(15)16(18)21/h3-4,10,12,19H,2,5-9,11H2,1H3,(H2,18,21). The van der Waals surface area contributed by atoms with E-state index in [1.807, 2.05) is 18.2 Å². The van der Waals surface area contributed by atoms with Crippen LogP contribution in [-0.4, -0.2) is 32.1 Å². The van der Waals surface area contributed by atoms with Crippen LogP contribution in [0.4, 0.5) is 5.69 Å². The maximum Gasteiger partial charge on any atom is 0.250 e. The molecule has 1 fully saturated rings. The Balaban J connectivity index is 2.23. The predicted molar refractivity (Wildman–Crippen MR) is 90.8 cm³/mol. The molecule has 4 nitrogen and oxygen atoms in total. The molecule has 5 heteroatoms. The summed E-state index contributed by atoms with van der Waals surface area (Å²) in [6.07, 6.45) is 3.44. The molecule has 1 aromatic carbocycles. The molecule has 0 spiro atoms. The van der Waals surface area contributed by atoms with Gasteiger partial charge in [-0.1, -0.05) is 22.9 Å². The lowest BCUT2D eigenvalue weighted by Crippen LogP contribution is -2.37. The summed E-state index contributed by atoms with van der Waals surface area (Å²) in [7, 11) is 0. The van der Waals surface area contributed by atoms with Crippen molar-refractivity contribution < 1.29 is 4.79 Å². The van der Waals surface area contributed by atoms with Crippen molar-refractivity contribution in [2.75, 3.05) is 31.1 Å². The normalized spacial score (nSPS) is 15.9. The molecule has 0 unspecified atom stereocenters. The van der Waals surface area contributed by atoms with Crippen molar-refractivity contribution >= 4 is 27.5 Å². The summed E-state index contributed by atoms with van der Waals surface area (Å²) in [5.74, 6) is 0.321. The minimum absolute atomic E-state index is 0.357. The fraction of sp³-hybridized carbons (Fsp3) is 0.562. The van der Waals surface area contributed by atoms with Crippen LogP contribution in [0.15, 0.2) is 22.7 Å². The third-order valence-corrected chi connectivity index (χ3v) is 4.49. The van der Waals surface area contributed by atoms with Crippen LogP contribution in [0.25, 0.3) is 0 Å². The average molecular weight is 354 g/mol. The Labute approximate surface area is 135 Å². The summed E-state index contributed by atoms with van der Waals surface area (Å²) in [6, 6.07) is 5.70. The summed E-state index contributed by atoms with van der Waals surface area (Å²) in [5.41, 5.74) is 7.11. The smallest absolute Gasteiger partial charge is 0.250 e. The SMILES string of the molecule is CCCN(CC1CCNCC1)c1cc(Br)ccc1C(N)=O. The number of hydrogen-bond acceptors (Lipinski definition) is 3. The minimum Gasteiger partial charge on any atom is -0.371 e. The molecule has 1 aromatic rings. The number of primary amides is 1. The number of anilines is 1. The predicted octanol–water partition coefficient (Wildman–Crippen LogP) is 2.76. The molecule has 1 saturated heterocycles. The number of hydrogen-bond donors (Lipinski definition) is 2. The zero-order valence-corrected chi connectivity index (χ0v) is 14.2. The van der Waals surface area contributed by atoms with Crippen LogP contribution >= 0.6 is 15.9 Å². The van der Waals surface area contributed by atoms with Gasteiger partial charge in [0, 0.05) is 17.6 Å². The van der Waals surface area contributed by atoms with Gasteiger partial charge in [0.05, 0.1) is 11.3 Å². The first kappa shape index (κ1) is 16.3. The summed E-state index contributed by atoms with van der Waals surface area (Å²) in [6.45, 7) is 6.28. The van der Waals surface area contributed by atoms with Crippen LogP contribution in [0.1, 0.15) is 36.5 Å². The Bertz CT molecular complexity index is 486. The van der Waals surface area contributed by atoms with Gasteiger partial charge >= 0.3 is 0 Å². The van der Waals surface area contributed by atoms with Crippen LogP contribution in [0, 0.1) is 5.92 Å². The molecule has 1 aliphatic rings. The molecule has 1 amide bonds. The molecule has 0 bridgehead atoms. The van der Waals surface area contributed by atoms with Gasteiger partial charge in [-0.25, -0.2) is 0 Å². The van der Waals surface area contributed by atoms with Crippen LogP contribution in [0.2, 0.25) is 0 Å². The van der Waals surface area contributed by atoms with E-state index < -0.39 is 0 Å². The number of carbonyl (C=O) groups excluding carboxylic acids is 1. The second-order valence-corrected chi connectivity index (χ2v) is 6.58. The highest BCUT2D eigenvalue weighted by Crippen LogP contribution is 2.27. The molecule has 1 aliphatic heterocycles. The van der Waals surface area contributed by atoms with Crippen molar-refractivity contribution in [1.29, 1.82) is 0 Å². The van der Waals surface area contributed by atoms with Gasteiger partial charge in [0.15, 0.2) is 0 Å². The van der Waals surface area contributed by atoms with E-state index in [2.05, 4.69) is 33.1 Å². The molecule has 116 valence electrons. The van der Waals surface area contributed by atoms with Gasteiger partial charge in [-0.2, -0.15) is 0 Å². The zero-order valence-electron chi connectivity index (χ0n) is 12.6. The first-order chi connectivity index (χ1) is 10.1. The Morgan fingerprint density at radius 1 is 1.43 bits per heavy atom. The second-order valence-electron chi connectivity index (χ2n) is 5.67. The molecule has 0 radical (unpaired) electrons. The molecular weight excluding hydrogens is 330 g/mol. The van der Waals surface area contributed by atoms with E-state index in [0.717, 1.165) is 42.8 Å². The van der Waals surface area contributed by atoms with E-state index in [0.29, 0.717) is 11.5 Å². The van der Waals surface area contributed by atoms with E-state index in [1.165, 1.54) is 12.8 Å². The lowest BCUT2D eigenvalue weighted by molar-refractivity contribution is 0.100. The van der Waals surface area contributed by atoms with Gasteiger partial charge in [-0.05, 0) is 56.5 Å². The zero-order chi connectivity index (χ0) is 15.2. The van der Waals surface area contributed by atoms with Crippen LogP contribution < -0.4 is 16.0 Å². The van der Waals surface area contributed by atoms with E-state index in [9.17, 15) is 4.79 Å². The molecule has 0 aromatic heterocycles. The van der Waals surface area contributed by atoms with Crippen LogP contribution in [-0.2, 0) is 0 Å². The van der Waals surface area contributed by atoms with E-state index in [1.54, 1.807) is 0 Å². The van der Waals surface area contributed by atoms with Crippen molar-refractivity contribution in [3.63, 3.8) is 0 Å². The number of halogens is 1. The lowest BCUT2D eigenvalue weighted by atomic mass is 9.97. The fourth-order valence-corrected chi connectivity index (χ4v) is 3.28. The highest BCUT2D eigenvalue weighted by atomic mass is 79.9. The summed E-state index contributed by atoms with van der Waals surface area (Å²) >= 11 is 3.50. The highest BCUT2D eigenvalue weighted by Gasteiger charge is 2.20. The Morgan fingerprint density at radius 2 is 2.14 bits per heavy atom. The largest absolute Gasteiger partial charge is 0.371 e. The molecule has 0 atom stereocenters. The van der Waals surface area contributed by atoms with Crippen molar-refractivity contribution in [2.24, 2.45) is 11.7 Å². The molecule has 0 saturated carbocycles. The van der Waals surface area contributed by atoms with Gasteiger partial charge in [-0.15, -0.1) is 0 Å². The molecule has 2 rings (SSSR count). The number of nitrogens with two attached hydrogens (primary N) is 1. The molecule has 3 N–H and O–H groups in total. The van der Waals surface area contributed by atoms with Crippen molar-refractivity contribution in [3.05, 3.63) is 28.2 Å². The van der Waals surface area contributed by atoms with Gasteiger partial charge in [0.25, 0.3) is 5.91 Å². The van der Waals surface area contributed by atoms with Crippen LogP contribution in [0.3, 0.4) is 0 Å². The Kier molecular flexibility index (Phi) is 6.06. The number of rotatable bonds is 6. The monoisotopic (exact) mass is 353 g/mol. The number of amides is 1. The fourth-order valence-electron chi connectivity index (χ4n) is 2.93. The first-order valence-electron chi connectivity index (χ1n) is 7.66. The summed E-state index contributed by atoms with van der Waals surface area (Å²) in [5, 5.41) is 3.40. The number of benzene rings is 1. The van der Waals surface area contributed by atoms with Gasteiger partial charge in [0.2, 0.25) is 0 Å². The van der Waals surface area contributed by atoms with Gasteiger partial charge in [-0.3, -0.25) is 4.79 Å². The van der Waals surface area contributed by atoms with Gasteiger partial charge in [0.1, 0.15) is 0 Å². The maximum atomic E-state index is 11.7. The Morgan fingerprint density at radius 3 is 2.76 bits per heavy atom. The maximum absolute atomic E-state index is 11.7. The second kappa shape index (κ2) is 7.80. The van der Waals surface area contributed by atoms with Crippen molar-refractivity contribution in [3.8, 4) is 0 Å². The number of nitrogens with zero attached hydrogens (tertiary/aromatic N) is 1. The minimum atomic E-state index is -0.357. The molecule has 21 heavy (non-hydrogen) atoms.